The molecule has 0 spiro atoms. The first-order valence-electron chi connectivity index (χ1n) is 9.86. The Hall–Kier alpha value is -2.48. The highest BCUT2D eigenvalue weighted by Crippen LogP contribution is 2.33. The van der Waals surface area contributed by atoms with Crippen molar-refractivity contribution in [2.24, 2.45) is 18.9 Å². The van der Waals surface area contributed by atoms with Gasteiger partial charge < -0.3 is 14.7 Å². The Morgan fingerprint density at radius 2 is 2.18 bits per heavy atom. The van der Waals surface area contributed by atoms with Crippen LogP contribution in [0, 0.1) is 11.8 Å². The highest BCUT2D eigenvalue weighted by atomic mass is 16.5. The molecule has 8 nitrogen and oxygen atoms in total. The van der Waals surface area contributed by atoms with Gasteiger partial charge in [0.2, 0.25) is 0 Å². The van der Waals surface area contributed by atoms with Crippen molar-refractivity contribution in [2.45, 2.75) is 39.7 Å². The van der Waals surface area contributed by atoms with E-state index in [2.05, 4.69) is 28.2 Å². The molecule has 2 atom stereocenters. The van der Waals surface area contributed by atoms with Crippen LogP contribution < -0.4 is 4.90 Å². The van der Waals surface area contributed by atoms with Crippen LogP contribution in [-0.2, 0) is 29.6 Å². The maximum Gasteiger partial charge on any atom is 0.308 e. The number of carbonyl (C=O) groups excluding carboxylic acids is 1. The molecule has 3 rings (SSSR count). The van der Waals surface area contributed by atoms with Gasteiger partial charge in [-0.2, -0.15) is 0 Å². The second-order valence-corrected chi connectivity index (χ2v) is 7.22. The molecule has 0 aliphatic carbocycles. The number of carbonyl (C=O) groups is 1. The minimum atomic E-state index is -0.135. The summed E-state index contributed by atoms with van der Waals surface area (Å²) in [5.74, 6) is 0.125. The molecular weight excluding hydrogens is 358 g/mol. The van der Waals surface area contributed by atoms with E-state index in [0.717, 1.165) is 49.4 Å². The van der Waals surface area contributed by atoms with Gasteiger partial charge in [0.25, 0.3) is 0 Å². The topological polar surface area (TPSA) is 93.4 Å². The quantitative estimate of drug-likeness (QED) is 0.726. The Labute approximate surface area is 165 Å². The standard InChI is InChI=1S/C20H29N5O3/c1-5-14(20(27)28-4)13-9-10-25(11-13)17-8-7-16(21-15(17)6-2)19-18(12-26)24(3)23-22-19/h7-8,13-14,26H,5-6,9-12H2,1-4H3/t13-,14?/m1/s1. The molecule has 1 unspecified atom stereocenters. The average molecular weight is 387 g/mol. The largest absolute Gasteiger partial charge is 0.469 e. The lowest BCUT2D eigenvalue weighted by Gasteiger charge is -2.23. The van der Waals surface area contributed by atoms with Crippen molar-refractivity contribution in [1.29, 1.82) is 0 Å². The molecule has 28 heavy (non-hydrogen) atoms. The van der Waals surface area contributed by atoms with Crippen molar-refractivity contribution in [2.75, 3.05) is 25.1 Å². The van der Waals surface area contributed by atoms with Crippen molar-refractivity contribution in [1.82, 2.24) is 20.0 Å². The third-order valence-corrected chi connectivity index (χ3v) is 5.70. The zero-order chi connectivity index (χ0) is 20.3. The minimum Gasteiger partial charge on any atom is -0.469 e. The van der Waals surface area contributed by atoms with Gasteiger partial charge >= 0.3 is 5.97 Å². The van der Waals surface area contributed by atoms with E-state index in [1.807, 2.05) is 13.0 Å². The lowest BCUT2D eigenvalue weighted by atomic mass is 9.89. The molecule has 2 aromatic heterocycles. The van der Waals surface area contributed by atoms with E-state index in [-0.39, 0.29) is 18.5 Å². The van der Waals surface area contributed by atoms with E-state index in [0.29, 0.717) is 17.3 Å². The predicted molar refractivity (Wildman–Crippen MR) is 106 cm³/mol. The zero-order valence-electron chi connectivity index (χ0n) is 17.1. The molecule has 3 heterocycles. The number of pyridine rings is 1. The number of hydrogen-bond acceptors (Lipinski definition) is 7. The van der Waals surface area contributed by atoms with Crippen molar-refractivity contribution in [3.63, 3.8) is 0 Å². The first-order valence-corrected chi connectivity index (χ1v) is 9.86. The molecule has 0 amide bonds. The third-order valence-electron chi connectivity index (χ3n) is 5.70. The number of aliphatic hydroxyl groups excluding tert-OH is 1. The van der Waals surface area contributed by atoms with Crippen molar-refractivity contribution in [3.8, 4) is 11.4 Å². The summed E-state index contributed by atoms with van der Waals surface area (Å²) in [4.78, 5) is 19.2. The number of aromatic nitrogens is 4. The molecule has 152 valence electrons. The van der Waals surface area contributed by atoms with Crippen LogP contribution in [0.4, 0.5) is 5.69 Å². The molecule has 1 aliphatic rings. The second-order valence-electron chi connectivity index (χ2n) is 7.22. The molecule has 1 N–H and O–H groups in total. The average Bonchev–Trinajstić information content (AvgIpc) is 3.34. The number of esters is 1. The Morgan fingerprint density at radius 1 is 1.39 bits per heavy atom. The van der Waals surface area contributed by atoms with Crippen molar-refractivity contribution >= 4 is 11.7 Å². The first-order chi connectivity index (χ1) is 13.5. The van der Waals surface area contributed by atoms with Crippen LogP contribution in [0.5, 0.6) is 0 Å². The number of aryl methyl sites for hydroxylation is 2. The van der Waals surface area contributed by atoms with Gasteiger partial charge in [-0.15, -0.1) is 5.10 Å². The van der Waals surface area contributed by atoms with Crippen LogP contribution in [0.25, 0.3) is 11.4 Å². The number of anilines is 1. The normalized spacial score (nSPS) is 17.8. The molecule has 0 saturated carbocycles. The maximum absolute atomic E-state index is 12.1. The smallest absolute Gasteiger partial charge is 0.308 e. The van der Waals surface area contributed by atoms with Crippen LogP contribution in [0.1, 0.15) is 38.1 Å². The van der Waals surface area contributed by atoms with E-state index in [1.54, 1.807) is 11.7 Å². The van der Waals surface area contributed by atoms with Gasteiger partial charge in [-0.25, -0.2) is 9.67 Å². The SMILES string of the molecule is CCc1nc(-c2nnn(C)c2CO)ccc1N1CC[C@@H](C(CC)C(=O)OC)C1. The second kappa shape index (κ2) is 8.68. The van der Waals surface area contributed by atoms with Gasteiger partial charge in [0, 0.05) is 20.1 Å². The van der Waals surface area contributed by atoms with Crippen LogP contribution in [0.2, 0.25) is 0 Å². The predicted octanol–water partition coefficient (Wildman–Crippen LogP) is 1.96. The lowest BCUT2D eigenvalue weighted by molar-refractivity contribution is -0.147. The molecule has 0 radical (unpaired) electrons. The molecule has 1 fully saturated rings. The number of methoxy groups -OCH3 is 1. The lowest BCUT2D eigenvalue weighted by Crippen LogP contribution is -2.28. The van der Waals surface area contributed by atoms with Gasteiger partial charge in [0.15, 0.2) is 0 Å². The number of nitrogens with zero attached hydrogens (tertiary/aromatic N) is 5. The summed E-state index contributed by atoms with van der Waals surface area (Å²) in [5, 5.41) is 17.8. The number of rotatable bonds is 7. The number of ether oxygens (including phenoxy) is 1. The number of hydrogen-bond donors (Lipinski definition) is 1. The van der Waals surface area contributed by atoms with Gasteiger partial charge in [-0.1, -0.05) is 19.1 Å². The molecule has 1 aliphatic heterocycles. The summed E-state index contributed by atoms with van der Waals surface area (Å²) < 4.78 is 6.55. The zero-order valence-corrected chi connectivity index (χ0v) is 17.1. The fourth-order valence-electron chi connectivity index (χ4n) is 4.11. The van der Waals surface area contributed by atoms with E-state index in [9.17, 15) is 9.90 Å². The van der Waals surface area contributed by atoms with Crippen LogP contribution in [0.15, 0.2) is 12.1 Å². The van der Waals surface area contributed by atoms with E-state index >= 15 is 0 Å². The first kappa shape index (κ1) is 20.3. The van der Waals surface area contributed by atoms with Crippen LogP contribution in [-0.4, -0.2) is 51.3 Å². The Balaban J connectivity index is 1.84. The van der Waals surface area contributed by atoms with Gasteiger partial charge in [-0.05, 0) is 37.3 Å². The highest BCUT2D eigenvalue weighted by molar-refractivity contribution is 5.73. The summed E-state index contributed by atoms with van der Waals surface area (Å²) in [6.45, 7) is 5.71. The Morgan fingerprint density at radius 3 is 2.82 bits per heavy atom. The van der Waals surface area contributed by atoms with Gasteiger partial charge in [-0.3, -0.25) is 4.79 Å². The van der Waals surface area contributed by atoms with Gasteiger partial charge in [0.1, 0.15) is 5.69 Å². The summed E-state index contributed by atoms with van der Waals surface area (Å²) in [5.41, 5.74) is 4.06. The van der Waals surface area contributed by atoms with E-state index in [4.69, 9.17) is 9.72 Å². The Kier molecular flexibility index (Phi) is 6.28. The molecule has 0 aromatic carbocycles. The third kappa shape index (κ3) is 3.73. The summed E-state index contributed by atoms with van der Waals surface area (Å²) >= 11 is 0. The van der Waals surface area contributed by atoms with Crippen molar-refractivity contribution in [3.05, 3.63) is 23.5 Å². The van der Waals surface area contributed by atoms with E-state index < -0.39 is 0 Å². The highest BCUT2D eigenvalue weighted by Gasteiger charge is 2.34. The molecule has 8 heteroatoms. The Bertz CT molecular complexity index is 835. The fourth-order valence-corrected chi connectivity index (χ4v) is 4.11. The number of aliphatic hydroxyl groups is 1. The summed E-state index contributed by atoms with van der Waals surface area (Å²) in [6, 6.07) is 4.00. The molecule has 0 bridgehead atoms. The van der Waals surface area contributed by atoms with Crippen LogP contribution >= 0.6 is 0 Å². The molecular formula is C20H29N5O3. The van der Waals surface area contributed by atoms with Gasteiger partial charge in [0.05, 0.1) is 42.4 Å². The summed E-state index contributed by atoms with van der Waals surface area (Å²) in [6.07, 6.45) is 2.55. The molecule has 2 aromatic rings. The fraction of sp³-hybridized carbons (Fsp3) is 0.600. The molecule has 1 saturated heterocycles. The maximum atomic E-state index is 12.1. The van der Waals surface area contributed by atoms with E-state index in [1.165, 1.54) is 7.11 Å². The monoisotopic (exact) mass is 387 g/mol. The summed E-state index contributed by atoms with van der Waals surface area (Å²) in [7, 11) is 3.22. The van der Waals surface area contributed by atoms with Crippen molar-refractivity contribution < 1.29 is 14.6 Å². The van der Waals surface area contributed by atoms with Crippen LogP contribution in [0.3, 0.4) is 0 Å². The minimum absolute atomic E-state index is 0.0565.